The number of thiazole rings is 1. The molecule has 1 aliphatic heterocycles. The summed E-state index contributed by atoms with van der Waals surface area (Å²) in [5.74, 6) is 0.629. The van der Waals surface area contributed by atoms with E-state index in [-0.39, 0.29) is 4.90 Å². The molecule has 0 radical (unpaired) electrons. The molecular formula is C24H20N4O4S2. The fraction of sp³-hybridized carbons (Fsp3) is 0.125. The fourth-order valence-electron chi connectivity index (χ4n) is 3.54. The van der Waals surface area contributed by atoms with Gasteiger partial charge in [-0.3, -0.25) is 14.5 Å². The molecule has 2 aromatic carbocycles. The molecule has 2 N–H and O–H groups in total. The normalized spacial score (nSPS) is 13.5. The summed E-state index contributed by atoms with van der Waals surface area (Å²) in [5, 5.41) is 3.39. The first kappa shape index (κ1) is 22.1. The van der Waals surface area contributed by atoms with Crippen LogP contribution in [0.4, 0.5) is 5.69 Å². The topological polar surface area (TPSA) is 114 Å². The van der Waals surface area contributed by atoms with E-state index in [1.807, 2.05) is 30.3 Å². The van der Waals surface area contributed by atoms with Crippen molar-refractivity contribution in [3.05, 3.63) is 77.9 Å². The minimum Gasteiger partial charge on any atom is -0.462 e. The number of furan rings is 1. The summed E-state index contributed by atoms with van der Waals surface area (Å²) in [6.07, 6.45) is 2.98. The van der Waals surface area contributed by atoms with Gasteiger partial charge < -0.3 is 9.73 Å². The fourth-order valence-corrected chi connectivity index (χ4v) is 5.62. The van der Waals surface area contributed by atoms with Crippen molar-refractivity contribution in [3.8, 4) is 22.0 Å². The van der Waals surface area contributed by atoms with Crippen LogP contribution in [0.3, 0.4) is 0 Å². The largest absolute Gasteiger partial charge is 0.462 e. The highest BCUT2D eigenvalue weighted by molar-refractivity contribution is 7.90. The smallest absolute Gasteiger partial charge is 0.268 e. The van der Waals surface area contributed by atoms with Crippen molar-refractivity contribution in [1.82, 2.24) is 9.71 Å². The van der Waals surface area contributed by atoms with Crippen LogP contribution in [0.1, 0.15) is 22.5 Å². The maximum atomic E-state index is 13.3. The molecule has 0 fully saturated rings. The van der Waals surface area contributed by atoms with Crippen molar-refractivity contribution in [2.24, 2.45) is 4.99 Å². The van der Waals surface area contributed by atoms with Gasteiger partial charge in [0.05, 0.1) is 16.9 Å². The number of benzene rings is 2. The number of carbonyl (C=O) groups is 1. The van der Waals surface area contributed by atoms with E-state index in [1.165, 1.54) is 23.5 Å². The van der Waals surface area contributed by atoms with E-state index >= 15 is 0 Å². The molecule has 5 rings (SSSR count). The van der Waals surface area contributed by atoms with Crippen LogP contribution < -0.4 is 10.0 Å². The zero-order valence-corrected chi connectivity index (χ0v) is 19.5. The van der Waals surface area contributed by atoms with E-state index < -0.39 is 15.9 Å². The van der Waals surface area contributed by atoms with Crippen LogP contribution in [-0.2, 0) is 10.0 Å². The third-order valence-electron chi connectivity index (χ3n) is 5.14. The van der Waals surface area contributed by atoms with Crippen molar-refractivity contribution >= 4 is 38.8 Å². The number of sulfonamides is 1. The Morgan fingerprint density at radius 1 is 1.03 bits per heavy atom. The van der Waals surface area contributed by atoms with Crippen molar-refractivity contribution in [1.29, 1.82) is 0 Å². The zero-order valence-electron chi connectivity index (χ0n) is 17.9. The second-order valence-corrected chi connectivity index (χ2v) is 10.2. The summed E-state index contributed by atoms with van der Waals surface area (Å²) in [5.41, 5.74) is 1.67. The number of nitrogens with zero attached hydrogens (tertiary/aromatic N) is 2. The van der Waals surface area contributed by atoms with E-state index in [9.17, 15) is 13.2 Å². The van der Waals surface area contributed by atoms with Crippen molar-refractivity contribution in [3.63, 3.8) is 0 Å². The highest BCUT2D eigenvalue weighted by Gasteiger charge is 2.23. The number of anilines is 1. The quantitative estimate of drug-likeness (QED) is 0.402. The van der Waals surface area contributed by atoms with Gasteiger partial charge in [0.2, 0.25) is 0 Å². The molecule has 4 aromatic rings. The lowest BCUT2D eigenvalue weighted by Gasteiger charge is -2.10. The lowest BCUT2D eigenvalue weighted by Crippen LogP contribution is -2.29. The van der Waals surface area contributed by atoms with E-state index in [0.717, 1.165) is 12.0 Å². The lowest BCUT2D eigenvalue weighted by atomic mass is 10.1. The van der Waals surface area contributed by atoms with E-state index in [0.29, 0.717) is 45.8 Å². The third kappa shape index (κ3) is 4.63. The van der Waals surface area contributed by atoms with Crippen molar-refractivity contribution < 1.29 is 17.6 Å². The average Bonchev–Trinajstić information content (AvgIpc) is 3.61. The number of carbonyl (C=O) groups excluding carboxylic acids is 1. The summed E-state index contributed by atoms with van der Waals surface area (Å²) in [4.78, 5) is 22.5. The van der Waals surface area contributed by atoms with Crippen LogP contribution in [0.5, 0.6) is 0 Å². The number of hydrogen-bond donors (Lipinski definition) is 2. The molecule has 0 unspecified atom stereocenters. The highest BCUT2D eigenvalue weighted by atomic mass is 32.2. The predicted molar refractivity (Wildman–Crippen MR) is 132 cm³/mol. The molecule has 0 aliphatic carbocycles. The Labute approximate surface area is 200 Å². The van der Waals surface area contributed by atoms with Crippen LogP contribution in [0.15, 0.2) is 87.3 Å². The van der Waals surface area contributed by atoms with Crippen LogP contribution >= 0.6 is 11.3 Å². The van der Waals surface area contributed by atoms with E-state index in [1.54, 1.807) is 30.5 Å². The zero-order chi connectivity index (χ0) is 23.5. The summed E-state index contributed by atoms with van der Waals surface area (Å²) in [6.45, 7) is 0.618. The number of aliphatic imine (C=N–C) groups is 1. The van der Waals surface area contributed by atoms with Crippen LogP contribution in [0.2, 0.25) is 0 Å². The Hall–Kier alpha value is -3.76. The van der Waals surface area contributed by atoms with Crippen LogP contribution in [0.25, 0.3) is 22.0 Å². The number of amides is 1. The van der Waals surface area contributed by atoms with Gasteiger partial charge in [0, 0.05) is 24.2 Å². The first-order valence-electron chi connectivity index (χ1n) is 10.6. The van der Waals surface area contributed by atoms with Crippen molar-refractivity contribution in [2.75, 3.05) is 11.9 Å². The molecule has 8 nitrogen and oxygen atoms in total. The lowest BCUT2D eigenvalue weighted by molar-refractivity contribution is 0.103. The molecule has 0 spiro atoms. The highest BCUT2D eigenvalue weighted by Crippen LogP contribution is 2.34. The summed E-state index contributed by atoms with van der Waals surface area (Å²) in [6, 6.07) is 19.1. The Bertz CT molecular complexity index is 1460. The first-order valence-corrected chi connectivity index (χ1v) is 12.9. The predicted octanol–water partition coefficient (Wildman–Crippen LogP) is 4.79. The summed E-state index contributed by atoms with van der Waals surface area (Å²) >= 11 is 1.21. The van der Waals surface area contributed by atoms with Gasteiger partial charge in [0.15, 0.2) is 10.8 Å². The molecule has 0 saturated carbocycles. The van der Waals surface area contributed by atoms with Gasteiger partial charge in [-0.05, 0) is 36.8 Å². The van der Waals surface area contributed by atoms with Gasteiger partial charge >= 0.3 is 0 Å². The minimum atomic E-state index is -3.80. The number of hydrogen-bond acceptors (Lipinski definition) is 7. The average molecular weight is 493 g/mol. The Balaban J connectivity index is 1.44. The Morgan fingerprint density at radius 2 is 1.88 bits per heavy atom. The van der Waals surface area contributed by atoms with Crippen molar-refractivity contribution in [2.45, 2.75) is 17.7 Å². The molecule has 3 heterocycles. The monoisotopic (exact) mass is 492 g/mol. The molecule has 10 heteroatoms. The molecule has 172 valence electrons. The van der Waals surface area contributed by atoms with Crippen LogP contribution in [0, 0.1) is 0 Å². The maximum Gasteiger partial charge on any atom is 0.268 e. The number of aromatic nitrogens is 1. The SMILES string of the molecule is O=C(Nc1cccc(S(=O)(=O)NC2=NCCC2)c1)c1sc(-c2ccco2)nc1-c1ccccc1. The number of amidine groups is 1. The van der Waals surface area contributed by atoms with E-state index in [4.69, 9.17) is 4.42 Å². The minimum absolute atomic E-state index is 0.0452. The second-order valence-electron chi connectivity index (χ2n) is 7.56. The second kappa shape index (κ2) is 9.24. The van der Waals surface area contributed by atoms with E-state index in [2.05, 4.69) is 20.0 Å². The van der Waals surface area contributed by atoms with Gasteiger partial charge in [0.25, 0.3) is 15.9 Å². The molecule has 1 amide bonds. The third-order valence-corrected chi connectivity index (χ3v) is 7.59. The maximum absolute atomic E-state index is 13.3. The van der Waals surface area contributed by atoms with Gasteiger partial charge in [-0.1, -0.05) is 36.4 Å². The molecular weight excluding hydrogens is 472 g/mol. The molecule has 0 bridgehead atoms. The standard InChI is InChI=1S/C24H20N4O4S2/c29-23(26-17-9-4-10-18(15-17)34(30,31)28-20-12-5-13-25-20)22-21(16-7-2-1-3-8-16)27-24(33-22)19-11-6-14-32-19/h1-4,6-11,14-15H,5,12-13H2,(H,25,28)(H,26,29). The molecule has 2 aromatic heterocycles. The number of rotatable bonds is 6. The summed E-state index contributed by atoms with van der Waals surface area (Å²) < 4.78 is 33.5. The molecule has 34 heavy (non-hydrogen) atoms. The van der Waals surface area contributed by atoms with Gasteiger partial charge in [-0.2, -0.15) is 0 Å². The molecule has 1 aliphatic rings. The molecule has 0 saturated heterocycles. The van der Waals surface area contributed by atoms with Gasteiger partial charge in [0.1, 0.15) is 10.7 Å². The Morgan fingerprint density at radius 3 is 2.62 bits per heavy atom. The summed E-state index contributed by atoms with van der Waals surface area (Å²) in [7, 11) is -3.80. The first-order chi connectivity index (χ1) is 16.5. The Kier molecular flexibility index (Phi) is 5.99. The van der Waals surface area contributed by atoms with Gasteiger partial charge in [-0.15, -0.1) is 11.3 Å². The number of nitrogens with one attached hydrogen (secondary N) is 2. The van der Waals surface area contributed by atoms with Gasteiger partial charge in [-0.25, -0.2) is 13.4 Å². The molecule has 0 atom stereocenters. The van der Waals surface area contributed by atoms with Crippen LogP contribution in [-0.4, -0.2) is 31.7 Å².